The number of hydrogen-bond acceptors (Lipinski definition) is 4. The summed E-state index contributed by atoms with van der Waals surface area (Å²) in [4.78, 5) is 19.3. The van der Waals surface area contributed by atoms with Crippen molar-refractivity contribution in [3.63, 3.8) is 0 Å². The predicted molar refractivity (Wildman–Crippen MR) is 94.1 cm³/mol. The summed E-state index contributed by atoms with van der Waals surface area (Å²) < 4.78 is 2.64. The Morgan fingerprint density at radius 3 is 2.75 bits per heavy atom. The molecule has 4 heterocycles. The van der Waals surface area contributed by atoms with Crippen molar-refractivity contribution in [2.75, 3.05) is 6.54 Å². The number of amides is 1. The second-order valence-corrected chi connectivity index (χ2v) is 7.38. The molecule has 5 nitrogen and oxygen atoms in total. The average molecular weight is 359 g/mol. The molecule has 122 valence electrons. The Hall–Kier alpha value is -2.18. The maximum absolute atomic E-state index is 12.7. The minimum absolute atomic E-state index is 0.0343. The highest BCUT2D eigenvalue weighted by molar-refractivity contribution is 7.17. The van der Waals surface area contributed by atoms with Gasteiger partial charge in [-0.1, -0.05) is 11.6 Å². The summed E-state index contributed by atoms with van der Waals surface area (Å²) in [6.07, 6.45) is 4.40. The Morgan fingerprint density at radius 2 is 2.00 bits per heavy atom. The molecule has 1 aliphatic rings. The van der Waals surface area contributed by atoms with E-state index in [1.54, 1.807) is 24.5 Å². The number of carbonyl (C=O) groups is 1. The maximum atomic E-state index is 12.7. The van der Waals surface area contributed by atoms with Gasteiger partial charge in [0.05, 0.1) is 27.1 Å². The molecule has 0 unspecified atom stereocenters. The van der Waals surface area contributed by atoms with Crippen molar-refractivity contribution in [2.45, 2.75) is 19.5 Å². The lowest BCUT2D eigenvalue weighted by atomic mass is 10.2. The van der Waals surface area contributed by atoms with E-state index in [-0.39, 0.29) is 5.91 Å². The largest absolute Gasteiger partial charge is 0.332 e. The zero-order chi connectivity index (χ0) is 16.5. The van der Waals surface area contributed by atoms with E-state index in [9.17, 15) is 4.79 Å². The Morgan fingerprint density at radius 1 is 1.17 bits per heavy atom. The summed E-state index contributed by atoms with van der Waals surface area (Å²) in [5.74, 6) is 0.0343. The fraction of sp³-hybridized carbons (Fsp3) is 0.235. The first-order chi connectivity index (χ1) is 11.7. The summed E-state index contributed by atoms with van der Waals surface area (Å²) in [6, 6.07) is 9.50. The van der Waals surface area contributed by atoms with E-state index in [0.29, 0.717) is 15.8 Å². The molecule has 3 aromatic rings. The zero-order valence-corrected chi connectivity index (χ0v) is 14.4. The van der Waals surface area contributed by atoms with E-state index in [0.717, 1.165) is 36.5 Å². The van der Waals surface area contributed by atoms with Crippen molar-refractivity contribution in [1.82, 2.24) is 19.7 Å². The third kappa shape index (κ3) is 2.95. The lowest BCUT2D eigenvalue weighted by molar-refractivity contribution is 0.0750. The molecule has 7 heteroatoms. The topological polar surface area (TPSA) is 51.0 Å². The Labute approximate surface area is 148 Å². The minimum atomic E-state index is 0.0343. The summed E-state index contributed by atoms with van der Waals surface area (Å²) >= 11 is 7.28. The molecule has 0 atom stereocenters. The quantitative estimate of drug-likeness (QED) is 0.701. The van der Waals surface area contributed by atoms with Crippen molar-refractivity contribution >= 4 is 28.8 Å². The second kappa shape index (κ2) is 6.37. The molecule has 0 saturated heterocycles. The van der Waals surface area contributed by atoms with Gasteiger partial charge < -0.3 is 4.90 Å². The molecule has 24 heavy (non-hydrogen) atoms. The SMILES string of the molecule is O=C(c1ccc(Cl)s1)N1CCCn2nc(-c3ccncc3)cc2C1. The first-order valence-corrected chi connectivity index (χ1v) is 8.92. The lowest BCUT2D eigenvalue weighted by Gasteiger charge is -2.19. The number of hydrogen-bond donors (Lipinski definition) is 0. The molecule has 0 N–H and O–H groups in total. The molecule has 0 saturated carbocycles. The van der Waals surface area contributed by atoms with Crippen LogP contribution >= 0.6 is 22.9 Å². The van der Waals surface area contributed by atoms with Gasteiger partial charge in [0.15, 0.2) is 0 Å². The van der Waals surface area contributed by atoms with E-state index in [1.807, 2.05) is 21.7 Å². The number of fused-ring (bicyclic) bond motifs is 1. The van der Waals surface area contributed by atoms with Gasteiger partial charge in [-0.3, -0.25) is 14.5 Å². The van der Waals surface area contributed by atoms with E-state index in [1.165, 1.54) is 11.3 Å². The summed E-state index contributed by atoms with van der Waals surface area (Å²) in [5, 5.41) is 4.68. The van der Waals surface area contributed by atoms with Gasteiger partial charge in [-0.2, -0.15) is 5.10 Å². The zero-order valence-electron chi connectivity index (χ0n) is 12.9. The summed E-state index contributed by atoms with van der Waals surface area (Å²) in [7, 11) is 0. The maximum Gasteiger partial charge on any atom is 0.264 e. The highest BCUT2D eigenvalue weighted by atomic mass is 35.5. The van der Waals surface area contributed by atoms with Crippen LogP contribution in [0.15, 0.2) is 42.7 Å². The number of carbonyl (C=O) groups excluding carboxylic acids is 1. The predicted octanol–water partition coefficient (Wildman–Crippen LogP) is 3.71. The standard InChI is InChI=1S/C17H15ClN4OS/c18-16-3-2-15(24-16)17(23)21-8-1-9-22-13(11-21)10-14(20-22)12-4-6-19-7-5-12/h2-7,10H,1,8-9,11H2. The van der Waals surface area contributed by atoms with Gasteiger partial charge in [-0.05, 0) is 36.8 Å². The fourth-order valence-corrected chi connectivity index (χ4v) is 3.90. The number of nitrogens with zero attached hydrogens (tertiary/aromatic N) is 4. The van der Waals surface area contributed by atoms with E-state index in [2.05, 4.69) is 16.1 Å². The van der Waals surface area contributed by atoms with Gasteiger partial charge in [0, 0.05) is 31.0 Å². The van der Waals surface area contributed by atoms with E-state index < -0.39 is 0 Å². The number of halogens is 1. The number of aromatic nitrogens is 3. The van der Waals surface area contributed by atoms with Crippen molar-refractivity contribution in [3.05, 3.63) is 57.6 Å². The van der Waals surface area contributed by atoms with Crippen LogP contribution in [0.25, 0.3) is 11.3 Å². The van der Waals surface area contributed by atoms with Crippen molar-refractivity contribution in [3.8, 4) is 11.3 Å². The highest BCUT2D eigenvalue weighted by Gasteiger charge is 2.23. The monoisotopic (exact) mass is 358 g/mol. The highest BCUT2D eigenvalue weighted by Crippen LogP contribution is 2.26. The van der Waals surface area contributed by atoms with E-state index in [4.69, 9.17) is 11.6 Å². The van der Waals surface area contributed by atoms with Gasteiger partial charge in [-0.15, -0.1) is 11.3 Å². The normalized spacial score (nSPS) is 14.3. The van der Waals surface area contributed by atoms with Crippen LogP contribution in [0.1, 0.15) is 21.8 Å². The minimum Gasteiger partial charge on any atom is -0.332 e. The molecule has 4 rings (SSSR count). The van der Waals surface area contributed by atoms with Gasteiger partial charge in [0.2, 0.25) is 0 Å². The number of rotatable bonds is 2. The second-order valence-electron chi connectivity index (χ2n) is 5.66. The molecule has 0 aliphatic carbocycles. The molecule has 0 bridgehead atoms. The molecule has 1 aliphatic heterocycles. The molecule has 0 radical (unpaired) electrons. The molecular weight excluding hydrogens is 344 g/mol. The van der Waals surface area contributed by atoms with Crippen LogP contribution in [0.4, 0.5) is 0 Å². The van der Waals surface area contributed by atoms with Crippen molar-refractivity contribution in [2.24, 2.45) is 0 Å². The molecule has 0 fully saturated rings. The molecular formula is C17H15ClN4OS. The van der Waals surface area contributed by atoms with Gasteiger partial charge in [0.1, 0.15) is 0 Å². The van der Waals surface area contributed by atoms with Crippen LogP contribution in [-0.4, -0.2) is 32.1 Å². The first-order valence-electron chi connectivity index (χ1n) is 7.72. The van der Waals surface area contributed by atoms with Gasteiger partial charge >= 0.3 is 0 Å². The van der Waals surface area contributed by atoms with Gasteiger partial charge in [-0.25, -0.2) is 0 Å². The van der Waals surface area contributed by atoms with E-state index >= 15 is 0 Å². The molecule has 3 aromatic heterocycles. The summed E-state index contributed by atoms with van der Waals surface area (Å²) in [5.41, 5.74) is 3.00. The number of thiophene rings is 1. The molecule has 1 amide bonds. The first kappa shape index (κ1) is 15.4. The number of aryl methyl sites for hydroxylation is 1. The average Bonchev–Trinajstić information content (AvgIpc) is 3.16. The van der Waals surface area contributed by atoms with Crippen LogP contribution in [0.5, 0.6) is 0 Å². The van der Waals surface area contributed by atoms with Crippen LogP contribution in [0.3, 0.4) is 0 Å². The third-order valence-electron chi connectivity index (χ3n) is 4.06. The Balaban J connectivity index is 1.60. The Bertz CT molecular complexity index is 874. The molecule has 0 aromatic carbocycles. The fourth-order valence-electron chi connectivity index (χ4n) is 2.88. The van der Waals surface area contributed by atoms with Gasteiger partial charge in [0.25, 0.3) is 5.91 Å². The van der Waals surface area contributed by atoms with Crippen molar-refractivity contribution < 1.29 is 4.79 Å². The van der Waals surface area contributed by atoms with Crippen LogP contribution < -0.4 is 0 Å². The molecule has 0 spiro atoms. The number of pyridine rings is 1. The van der Waals surface area contributed by atoms with Crippen LogP contribution in [0, 0.1) is 0 Å². The van der Waals surface area contributed by atoms with Crippen molar-refractivity contribution in [1.29, 1.82) is 0 Å². The smallest absolute Gasteiger partial charge is 0.264 e. The summed E-state index contributed by atoms with van der Waals surface area (Å²) in [6.45, 7) is 2.10. The van der Waals surface area contributed by atoms with Crippen LogP contribution in [-0.2, 0) is 13.1 Å². The van der Waals surface area contributed by atoms with Crippen LogP contribution in [0.2, 0.25) is 4.34 Å². The third-order valence-corrected chi connectivity index (χ3v) is 5.28. The lowest BCUT2D eigenvalue weighted by Crippen LogP contribution is -2.30. The Kier molecular flexibility index (Phi) is 4.08.